The number of anilines is 1. The van der Waals surface area contributed by atoms with E-state index in [1.54, 1.807) is 0 Å². The van der Waals surface area contributed by atoms with Crippen molar-refractivity contribution < 1.29 is 9.21 Å². The Bertz CT molecular complexity index is 925. The Morgan fingerprint density at radius 2 is 2.15 bits per heavy atom. The number of hydrogen-bond acceptors (Lipinski definition) is 4. The number of nitrogens with one attached hydrogen (secondary N) is 2. The van der Waals surface area contributed by atoms with Crippen LogP contribution in [-0.2, 0) is 11.3 Å². The zero-order valence-corrected chi connectivity index (χ0v) is 15.3. The van der Waals surface area contributed by atoms with Gasteiger partial charge in [0.15, 0.2) is 0 Å². The number of rotatable bonds is 4. The third kappa shape index (κ3) is 3.55. The summed E-state index contributed by atoms with van der Waals surface area (Å²) >= 11 is 6.03. The molecule has 26 heavy (non-hydrogen) atoms. The molecule has 0 bridgehead atoms. The molecule has 6 nitrogen and oxygen atoms in total. The van der Waals surface area contributed by atoms with E-state index in [0.717, 1.165) is 54.4 Å². The number of imidazole rings is 1. The van der Waals surface area contributed by atoms with Gasteiger partial charge in [-0.15, -0.1) is 0 Å². The van der Waals surface area contributed by atoms with Gasteiger partial charge < -0.3 is 19.6 Å². The predicted octanol–water partition coefficient (Wildman–Crippen LogP) is 3.65. The number of hydrogen-bond donors (Lipinski definition) is 2. The van der Waals surface area contributed by atoms with Crippen molar-refractivity contribution in [2.75, 3.05) is 18.0 Å². The summed E-state index contributed by atoms with van der Waals surface area (Å²) in [5, 5.41) is 3.66. The van der Waals surface area contributed by atoms with Crippen LogP contribution in [0.4, 0.5) is 5.95 Å². The van der Waals surface area contributed by atoms with Crippen LogP contribution in [0.3, 0.4) is 0 Å². The second-order valence-corrected chi connectivity index (χ2v) is 7.15. The van der Waals surface area contributed by atoms with Gasteiger partial charge in [-0.05, 0) is 50.1 Å². The maximum atomic E-state index is 12.4. The van der Waals surface area contributed by atoms with Crippen molar-refractivity contribution >= 4 is 34.5 Å². The Morgan fingerprint density at radius 1 is 1.35 bits per heavy atom. The standard InChI is InChI=1S/C19H21ClN4O2/c1-12-2-4-15(26-12)11-21-18(25)13-6-8-24(9-7-13)19-22-16-5-3-14(20)10-17(16)23-19/h2-5,10,13H,6-9,11H2,1H3,(H,21,25)(H,22,23). The van der Waals surface area contributed by atoms with Crippen molar-refractivity contribution in [3.8, 4) is 0 Å². The highest BCUT2D eigenvalue weighted by Gasteiger charge is 2.26. The van der Waals surface area contributed by atoms with E-state index in [-0.39, 0.29) is 11.8 Å². The molecule has 1 fully saturated rings. The molecule has 3 aromatic rings. The molecule has 2 N–H and O–H groups in total. The summed E-state index contributed by atoms with van der Waals surface area (Å²) in [5.74, 6) is 2.60. The Kier molecular flexibility index (Phi) is 4.59. The molecule has 1 aliphatic heterocycles. The fraction of sp³-hybridized carbons (Fsp3) is 0.368. The van der Waals surface area contributed by atoms with Gasteiger partial charge in [-0.3, -0.25) is 4.79 Å². The van der Waals surface area contributed by atoms with Gasteiger partial charge in [-0.2, -0.15) is 0 Å². The Labute approximate surface area is 156 Å². The van der Waals surface area contributed by atoms with Crippen molar-refractivity contribution in [3.63, 3.8) is 0 Å². The summed E-state index contributed by atoms with van der Waals surface area (Å²) in [6, 6.07) is 9.43. The number of halogens is 1. The van der Waals surface area contributed by atoms with Crippen LogP contribution in [0.15, 0.2) is 34.7 Å². The van der Waals surface area contributed by atoms with Crippen LogP contribution < -0.4 is 10.2 Å². The highest BCUT2D eigenvalue weighted by Crippen LogP contribution is 2.25. The summed E-state index contributed by atoms with van der Waals surface area (Å²) in [4.78, 5) is 22.5. The molecule has 1 aliphatic rings. The molecule has 2 aromatic heterocycles. The van der Waals surface area contributed by atoms with Crippen molar-refractivity contribution in [2.24, 2.45) is 5.92 Å². The van der Waals surface area contributed by atoms with E-state index in [9.17, 15) is 4.79 Å². The zero-order valence-electron chi connectivity index (χ0n) is 14.6. The number of carbonyl (C=O) groups excluding carboxylic acids is 1. The third-order valence-corrected chi connectivity index (χ3v) is 5.06. The fourth-order valence-electron chi connectivity index (χ4n) is 3.37. The summed E-state index contributed by atoms with van der Waals surface area (Å²) in [6.07, 6.45) is 1.61. The maximum Gasteiger partial charge on any atom is 0.223 e. The number of nitrogens with zero attached hydrogens (tertiary/aromatic N) is 2. The number of amides is 1. The predicted molar refractivity (Wildman–Crippen MR) is 101 cm³/mol. The number of aromatic amines is 1. The average molecular weight is 373 g/mol. The van der Waals surface area contributed by atoms with Crippen molar-refractivity contribution in [1.29, 1.82) is 0 Å². The smallest absolute Gasteiger partial charge is 0.223 e. The van der Waals surface area contributed by atoms with E-state index in [1.807, 2.05) is 37.3 Å². The van der Waals surface area contributed by atoms with Crippen LogP contribution >= 0.6 is 11.6 Å². The molecule has 136 valence electrons. The van der Waals surface area contributed by atoms with Crippen LogP contribution in [-0.4, -0.2) is 29.0 Å². The zero-order chi connectivity index (χ0) is 18.1. The van der Waals surface area contributed by atoms with E-state index in [1.165, 1.54) is 0 Å². The number of carbonyl (C=O) groups is 1. The van der Waals surface area contributed by atoms with Gasteiger partial charge in [-0.25, -0.2) is 4.98 Å². The lowest BCUT2D eigenvalue weighted by molar-refractivity contribution is -0.125. The quantitative estimate of drug-likeness (QED) is 0.733. The minimum atomic E-state index is 0.0288. The first kappa shape index (κ1) is 17.0. The first-order valence-electron chi connectivity index (χ1n) is 8.82. The molecule has 0 atom stereocenters. The normalized spacial score (nSPS) is 15.5. The number of fused-ring (bicyclic) bond motifs is 1. The van der Waals surface area contributed by atoms with Gasteiger partial charge in [0.05, 0.1) is 17.6 Å². The Balaban J connectivity index is 1.33. The minimum absolute atomic E-state index is 0.0288. The molecule has 0 radical (unpaired) electrons. The van der Waals surface area contributed by atoms with Crippen LogP contribution in [0.5, 0.6) is 0 Å². The van der Waals surface area contributed by atoms with E-state index >= 15 is 0 Å². The topological polar surface area (TPSA) is 74.2 Å². The minimum Gasteiger partial charge on any atom is -0.465 e. The molecular weight excluding hydrogens is 352 g/mol. The van der Waals surface area contributed by atoms with Crippen molar-refractivity contribution in [1.82, 2.24) is 15.3 Å². The lowest BCUT2D eigenvalue weighted by Crippen LogP contribution is -2.40. The van der Waals surface area contributed by atoms with Gasteiger partial charge in [0.2, 0.25) is 11.9 Å². The van der Waals surface area contributed by atoms with Gasteiger partial charge in [0.1, 0.15) is 11.5 Å². The van der Waals surface area contributed by atoms with Crippen molar-refractivity contribution in [3.05, 3.63) is 46.9 Å². The summed E-state index contributed by atoms with van der Waals surface area (Å²) in [5.41, 5.74) is 1.83. The van der Waals surface area contributed by atoms with Crippen LogP contribution in [0.25, 0.3) is 11.0 Å². The van der Waals surface area contributed by atoms with Gasteiger partial charge in [0, 0.05) is 24.0 Å². The van der Waals surface area contributed by atoms with Crippen LogP contribution in [0.1, 0.15) is 24.4 Å². The number of benzene rings is 1. The molecule has 1 saturated heterocycles. The first-order valence-corrected chi connectivity index (χ1v) is 9.19. The van der Waals surface area contributed by atoms with E-state index in [0.29, 0.717) is 11.6 Å². The van der Waals surface area contributed by atoms with Crippen LogP contribution in [0.2, 0.25) is 5.02 Å². The van der Waals surface area contributed by atoms with E-state index < -0.39 is 0 Å². The molecule has 1 aromatic carbocycles. The van der Waals surface area contributed by atoms with Crippen molar-refractivity contribution in [2.45, 2.75) is 26.3 Å². The molecule has 0 aliphatic carbocycles. The Hall–Kier alpha value is -2.47. The number of furan rings is 1. The lowest BCUT2D eigenvalue weighted by atomic mass is 9.96. The molecular formula is C19H21ClN4O2. The third-order valence-electron chi connectivity index (χ3n) is 4.83. The molecule has 1 amide bonds. The average Bonchev–Trinajstić information content (AvgIpc) is 3.25. The first-order chi connectivity index (χ1) is 12.6. The largest absolute Gasteiger partial charge is 0.465 e. The summed E-state index contributed by atoms with van der Waals surface area (Å²) in [6.45, 7) is 3.93. The lowest BCUT2D eigenvalue weighted by Gasteiger charge is -2.31. The monoisotopic (exact) mass is 372 g/mol. The van der Waals surface area contributed by atoms with E-state index in [4.69, 9.17) is 16.0 Å². The number of aryl methyl sites for hydroxylation is 1. The Morgan fingerprint density at radius 3 is 2.88 bits per heavy atom. The van der Waals surface area contributed by atoms with E-state index in [2.05, 4.69) is 20.2 Å². The molecule has 7 heteroatoms. The van der Waals surface area contributed by atoms with Gasteiger partial charge in [-0.1, -0.05) is 11.6 Å². The second kappa shape index (κ2) is 7.03. The fourth-order valence-corrected chi connectivity index (χ4v) is 3.54. The molecule has 0 spiro atoms. The molecule has 0 saturated carbocycles. The van der Waals surface area contributed by atoms with Crippen LogP contribution in [0, 0.1) is 12.8 Å². The molecule has 4 rings (SSSR count). The molecule has 3 heterocycles. The highest BCUT2D eigenvalue weighted by atomic mass is 35.5. The summed E-state index contributed by atoms with van der Waals surface area (Å²) in [7, 11) is 0. The SMILES string of the molecule is Cc1ccc(CNC(=O)C2CCN(c3nc4ccc(Cl)cc4[nH]3)CC2)o1. The summed E-state index contributed by atoms with van der Waals surface area (Å²) < 4.78 is 5.49. The number of piperidine rings is 1. The number of H-pyrrole nitrogens is 1. The molecule has 0 unspecified atom stereocenters. The van der Waals surface area contributed by atoms with Gasteiger partial charge >= 0.3 is 0 Å². The maximum absolute atomic E-state index is 12.4. The highest BCUT2D eigenvalue weighted by molar-refractivity contribution is 6.31. The second-order valence-electron chi connectivity index (χ2n) is 6.71. The van der Waals surface area contributed by atoms with Gasteiger partial charge in [0.25, 0.3) is 0 Å². The number of aromatic nitrogens is 2.